The molecular weight excluding hydrogens is 212 g/mol. The van der Waals surface area contributed by atoms with E-state index in [4.69, 9.17) is 0 Å². The fourth-order valence-corrected chi connectivity index (χ4v) is 2.86. The third-order valence-corrected chi connectivity index (χ3v) is 3.92. The summed E-state index contributed by atoms with van der Waals surface area (Å²) >= 11 is 3.77. The van der Waals surface area contributed by atoms with Gasteiger partial charge in [0.15, 0.2) is 0 Å². The summed E-state index contributed by atoms with van der Waals surface area (Å²) < 4.78 is 0. The summed E-state index contributed by atoms with van der Waals surface area (Å²) in [6.45, 7) is 7.13. The van der Waals surface area contributed by atoms with E-state index in [1.54, 1.807) is 0 Å². The highest BCUT2D eigenvalue weighted by Crippen LogP contribution is 2.38. The monoisotopic (exact) mass is 232 g/mol. The van der Waals surface area contributed by atoms with Gasteiger partial charge in [0.1, 0.15) is 0 Å². The molecule has 1 aliphatic rings. The van der Waals surface area contributed by atoms with Crippen molar-refractivity contribution in [1.29, 1.82) is 0 Å². The molecule has 2 atom stereocenters. The summed E-state index contributed by atoms with van der Waals surface area (Å²) in [4.78, 5) is 0.782. The van der Waals surface area contributed by atoms with Crippen molar-refractivity contribution >= 4 is 15.9 Å². The number of hydrogen-bond donors (Lipinski definition) is 0. The molecule has 0 spiro atoms. The Morgan fingerprint density at radius 1 is 1.08 bits per heavy atom. The van der Waals surface area contributed by atoms with E-state index in [9.17, 15) is 0 Å². The minimum atomic E-state index is 0.510. The average molecular weight is 233 g/mol. The van der Waals surface area contributed by atoms with E-state index in [1.165, 1.54) is 32.1 Å². The molecule has 0 radical (unpaired) electrons. The third-order valence-electron chi connectivity index (χ3n) is 3.08. The number of halogens is 1. The Labute approximate surface area is 85.3 Å². The SMILES string of the molecule is CC(C)(C)C1CCCCC(Br)C1. The maximum absolute atomic E-state index is 3.77. The molecule has 1 fully saturated rings. The van der Waals surface area contributed by atoms with Crippen molar-refractivity contribution in [3.8, 4) is 0 Å². The van der Waals surface area contributed by atoms with Gasteiger partial charge in [0.25, 0.3) is 0 Å². The number of hydrogen-bond acceptors (Lipinski definition) is 0. The highest BCUT2D eigenvalue weighted by molar-refractivity contribution is 9.09. The van der Waals surface area contributed by atoms with E-state index < -0.39 is 0 Å². The predicted octanol–water partition coefficient (Wildman–Crippen LogP) is 4.38. The van der Waals surface area contributed by atoms with Crippen LogP contribution >= 0.6 is 15.9 Å². The van der Waals surface area contributed by atoms with E-state index >= 15 is 0 Å². The van der Waals surface area contributed by atoms with Crippen molar-refractivity contribution in [2.24, 2.45) is 11.3 Å². The summed E-state index contributed by atoms with van der Waals surface area (Å²) in [6, 6.07) is 0. The van der Waals surface area contributed by atoms with Gasteiger partial charge < -0.3 is 0 Å². The zero-order valence-electron chi connectivity index (χ0n) is 8.57. The van der Waals surface area contributed by atoms with Gasteiger partial charge in [-0.25, -0.2) is 0 Å². The maximum Gasteiger partial charge on any atom is 0.0148 e. The lowest BCUT2D eigenvalue weighted by Gasteiger charge is -2.30. The molecular formula is C11H21Br. The van der Waals surface area contributed by atoms with Crippen LogP contribution in [0.2, 0.25) is 0 Å². The standard InChI is InChI=1S/C11H21Br/c1-11(2,3)9-6-4-5-7-10(12)8-9/h9-10H,4-8H2,1-3H3. The van der Waals surface area contributed by atoms with Crippen LogP contribution in [0.3, 0.4) is 0 Å². The van der Waals surface area contributed by atoms with Crippen molar-refractivity contribution in [3.05, 3.63) is 0 Å². The smallest absolute Gasteiger partial charge is 0.0148 e. The lowest BCUT2D eigenvalue weighted by molar-refractivity contribution is 0.217. The first-order chi connectivity index (χ1) is 5.50. The van der Waals surface area contributed by atoms with Crippen LogP contribution in [0.25, 0.3) is 0 Å². The van der Waals surface area contributed by atoms with Crippen molar-refractivity contribution in [1.82, 2.24) is 0 Å². The second-order valence-corrected chi connectivity index (χ2v) is 6.48. The summed E-state index contributed by atoms with van der Waals surface area (Å²) in [7, 11) is 0. The Hall–Kier alpha value is 0.480. The van der Waals surface area contributed by atoms with Crippen LogP contribution < -0.4 is 0 Å². The first-order valence-corrected chi connectivity index (χ1v) is 6.06. The van der Waals surface area contributed by atoms with Gasteiger partial charge in [0.2, 0.25) is 0 Å². The van der Waals surface area contributed by atoms with Gasteiger partial charge in [-0.05, 0) is 30.6 Å². The fourth-order valence-electron chi connectivity index (χ4n) is 2.09. The van der Waals surface area contributed by atoms with E-state index in [2.05, 4.69) is 36.7 Å². The van der Waals surface area contributed by atoms with Crippen LogP contribution in [0.5, 0.6) is 0 Å². The summed E-state index contributed by atoms with van der Waals surface area (Å²) in [5.74, 6) is 0.921. The van der Waals surface area contributed by atoms with Gasteiger partial charge in [0.05, 0.1) is 0 Å². The van der Waals surface area contributed by atoms with Gasteiger partial charge in [0, 0.05) is 4.83 Å². The Morgan fingerprint density at radius 2 is 1.67 bits per heavy atom. The predicted molar refractivity (Wildman–Crippen MR) is 58.7 cm³/mol. The number of rotatable bonds is 0. The second kappa shape index (κ2) is 4.13. The molecule has 0 amide bonds. The average Bonchev–Trinajstić information content (AvgIpc) is 2.11. The lowest BCUT2D eigenvalue weighted by Crippen LogP contribution is -2.21. The molecule has 0 N–H and O–H groups in total. The summed E-state index contributed by atoms with van der Waals surface area (Å²) in [5.41, 5.74) is 0.510. The van der Waals surface area contributed by atoms with E-state index in [-0.39, 0.29) is 0 Å². The van der Waals surface area contributed by atoms with Gasteiger partial charge in [-0.2, -0.15) is 0 Å². The van der Waals surface area contributed by atoms with Gasteiger partial charge in [-0.15, -0.1) is 0 Å². The van der Waals surface area contributed by atoms with Crippen molar-refractivity contribution in [2.75, 3.05) is 0 Å². The van der Waals surface area contributed by atoms with Crippen LogP contribution in [0.4, 0.5) is 0 Å². The topological polar surface area (TPSA) is 0 Å². The Balaban J connectivity index is 2.52. The minimum Gasteiger partial charge on any atom is -0.0891 e. The Morgan fingerprint density at radius 3 is 2.25 bits per heavy atom. The molecule has 0 saturated heterocycles. The molecule has 1 aliphatic carbocycles. The van der Waals surface area contributed by atoms with Gasteiger partial charge >= 0.3 is 0 Å². The first kappa shape index (κ1) is 10.6. The molecule has 12 heavy (non-hydrogen) atoms. The molecule has 72 valence electrons. The van der Waals surface area contributed by atoms with Crippen molar-refractivity contribution in [2.45, 2.75) is 57.7 Å². The molecule has 0 aromatic carbocycles. The summed E-state index contributed by atoms with van der Waals surface area (Å²) in [6.07, 6.45) is 7.05. The van der Waals surface area contributed by atoms with Gasteiger partial charge in [-0.3, -0.25) is 0 Å². The molecule has 1 heteroatoms. The molecule has 0 nitrogen and oxygen atoms in total. The van der Waals surface area contributed by atoms with Gasteiger partial charge in [-0.1, -0.05) is 49.5 Å². The largest absolute Gasteiger partial charge is 0.0891 e. The van der Waals surface area contributed by atoms with Crippen molar-refractivity contribution < 1.29 is 0 Å². The van der Waals surface area contributed by atoms with E-state index in [0.29, 0.717) is 5.41 Å². The normalized spacial score (nSPS) is 33.0. The first-order valence-electron chi connectivity index (χ1n) is 5.14. The van der Waals surface area contributed by atoms with Crippen LogP contribution in [0.1, 0.15) is 52.9 Å². The van der Waals surface area contributed by atoms with Crippen LogP contribution in [-0.2, 0) is 0 Å². The zero-order valence-corrected chi connectivity index (χ0v) is 10.2. The maximum atomic E-state index is 3.77. The Kier molecular flexibility index (Phi) is 3.63. The molecule has 2 unspecified atom stereocenters. The lowest BCUT2D eigenvalue weighted by atomic mass is 9.76. The van der Waals surface area contributed by atoms with Crippen LogP contribution in [-0.4, -0.2) is 4.83 Å². The molecule has 0 heterocycles. The summed E-state index contributed by atoms with van der Waals surface area (Å²) in [5, 5.41) is 0. The number of alkyl halides is 1. The third kappa shape index (κ3) is 3.08. The molecule has 0 bridgehead atoms. The molecule has 0 aliphatic heterocycles. The fraction of sp³-hybridized carbons (Fsp3) is 1.00. The molecule has 0 aromatic heterocycles. The zero-order chi connectivity index (χ0) is 9.19. The highest BCUT2D eigenvalue weighted by Gasteiger charge is 2.27. The van der Waals surface area contributed by atoms with Crippen LogP contribution in [0.15, 0.2) is 0 Å². The van der Waals surface area contributed by atoms with Crippen LogP contribution in [0, 0.1) is 11.3 Å². The van der Waals surface area contributed by atoms with E-state index in [1.807, 2.05) is 0 Å². The minimum absolute atomic E-state index is 0.510. The molecule has 1 saturated carbocycles. The Bertz CT molecular complexity index is 134. The quantitative estimate of drug-likeness (QED) is 0.430. The molecule has 1 rings (SSSR count). The van der Waals surface area contributed by atoms with E-state index in [0.717, 1.165) is 10.7 Å². The highest BCUT2D eigenvalue weighted by atomic mass is 79.9. The second-order valence-electron chi connectivity index (χ2n) is 5.18. The molecule has 0 aromatic rings. The van der Waals surface area contributed by atoms with Crippen molar-refractivity contribution in [3.63, 3.8) is 0 Å².